The lowest BCUT2D eigenvalue weighted by molar-refractivity contribution is -0.149. The summed E-state index contributed by atoms with van der Waals surface area (Å²) in [5, 5.41) is 12.2. The lowest BCUT2D eigenvalue weighted by Crippen LogP contribution is -2.39. The van der Waals surface area contributed by atoms with E-state index in [1.165, 1.54) is 0 Å². The van der Waals surface area contributed by atoms with E-state index in [9.17, 15) is 14.7 Å². The number of carboxylic acid groups (broad SMARTS) is 1. The van der Waals surface area contributed by atoms with Gasteiger partial charge in [0.15, 0.2) is 6.10 Å². The second-order valence-corrected chi connectivity index (χ2v) is 8.11. The number of nitrogens with zero attached hydrogens (tertiary/aromatic N) is 1. The van der Waals surface area contributed by atoms with Crippen LogP contribution in [0.2, 0.25) is 0 Å². The Morgan fingerprint density at radius 2 is 1.88 bits per heavy atom. The number of rotatable bonds is 12. The topological polar surface area (TPSA) is 88.1 Å². The fourth-order valence-corrected chi connectivity index (χ4v) is 3.42. The number of hydrogen-bond donors (Lipinski definition) is 2. The van der Waals surface area contributed by atoms with Crippen LogP contribution >= 0.6 is 0 Å². The van der Waals surface area contributed by atoms with Crippen molar-refractivity contribution in [3.05, 3.63) is 59.7 Å². The zero-order valence-electron chi connectivity index (χ0n) is 18.8. The van der Waals surface area contributed by atoms with Crippen LogP contribution in [-0.4, -0.2) is 54.4 Å². The van der Waals surface area contributed by atoms with Gasteiger partial charge in [0, 0.05) is 25.3 Å². The Kier molecular flexibility index (Phi) is 8.50. The van der Waals surface area contributed by atoms with Gasteiger partial charge in [-0.3, -0.25) is 0 Å². The molecule has 0 spiro atoms. The van der Waals surface area contributed by atoms with E-state index in [0.29, 0.717) is 37.8 Å². The Hall–Kier alpha value is -3.06. The molecule has 1 aliphatic rings. The molecule has 0 radical (unpaired) electrons. The number of ether oxygens (including phenoxy) is 2. The quantitative estimate of drug-likeness (QED) is 0.512. The van der Waals surface area contributed by atoms with E-state index in [1.807, 2.05) is 60.4 Å². The molecule has 1 fully saturated rings. The highest BCUT2D eigenvalue weighted by atomic mass is 16.5. The van der Waals surface area contributed by atoms with Crippen LogP contribution in [0.25, 0.3) is 0 Å². The Morgan fingerprint density at radius 3 is 2.50 bits per heavy atom. The lowest BCUT2D eigenvalue weighted by atomic mass is 10.1. The van der Waals surface area contributed by atoms with E-state index >= 15 is 0 Å². The normalized spacial score (nSPS) is 13.9. The lowest BCUT2D eigenvalue weighted by Gasteiger charge is -2.23. The van der Waals surface area contributed by atoms with E-state index in [0.717, 1.165) is 36.2 Å². The Bertz CT molecular complexity index is 895. The van der Waals surface area contributed by atoms with Gasteiger partial charge in [-0.15, -0.1) is 0 Å². The van der Waals surface area contributed by atoms with Gasteiger partial charge in [0.2, 0.25) is 0 Å². The smallest absolute Gasteiger partial charge is 0.333 e. The van der Waals surface area contributed by atoms with Crippen LogP contribution in [0.4, 0.5) is 10.5 Å². The minimum absolute atomic E-state index is 0.110. The summed E-state index contributed by atoms with van der Waals surface area (Å²) >= 11 is 0. The molecule has 2 N–H and O–H groups in total. The molecule has 0 heterocycles. The fraction of sp³-hybridized carbons (Fsp3) is 0.440. The molecule has 1 saturated carbocycles. The number of para-hydroxylation sites is 1. The third-order valence-corrected chi connectivity index (χ3v) is 5.47. The van der Waals surface area contributed by atoms with Gasteiger partial charge < -0.3 is 24.8 Å². The number of hydrogen-bond acceptors (Lipinski definition) is 4. The summed E-state index contributed by atoms with van der Waals surface area (Å²) in [6, 6.07) is 15.0. The summed E-state index contributed by atoms with van der Waals surface area (Å²) in [6.07, 6.45) is 1.78. The molecule has 3 rings (SSSR count). The van der Waals surface area contributed by atoms with Crippen molar-refractivity contribution in [2.75, 3.05) is 31.6 Å². The first-order valence-electron chi connectivity index (χ1n) is 11.1. The van der Waals surface area contributed by atoms with Crippen LogP contribution in [0.3, 0.4) is 0 Å². The van der Waals surface area contributed by atoms with Gasteiger partial charge >= 0.3 is 12.0 Å². The minimum Gasteiger partial charge on any atom is -0.492 e. The predicted octanol–water partition coefficient (Wildman–Crippen LogP) is 4.35. The summed E-state index contributed by atoms with van der Waals surface area (Å²) < 4.78 is 11.1. The van der Waals surface area contributed by atoms with Crippen molar-refractivity contribution in [1.82, 2.24) is 4.90 Å². The highest BCUT2D eigenvalue weighted by molar-refractivity contribution is 5.90. The van der Waals surface area contributed by atoms with E-state index < -0.39 is 12.1 Å². The monoisotopic (exact) mass is 440 g/mol. The molecule has 1 unspecified atom stereocenters. The maximum absolute atomic E-state index is 12.8. The average molecular weight is 441 g/mol. The summed E-state index contributed by atoms with van der Waals surface area (Å²) in [4.78, 5) is 25.9. The molecule has 0 aromatic heterocycles. The van der Waals surface area contributed by atoms with Gasteiger partial charge in [0.1, 0.15) is 12.4 Å². The highest BCUT2D eigenvalue weighted by Gasteiger charge is 2.27. The first kappa shape index (κ1) is 23.6. The largest absolute Gasteiger partial charge is 0.492 e. The van der Waals surface area contributed by atoms with E-state index in [4.69, 9.17) is 9.47 Å². The van der Waals surface area contributed by atoms with Crippen LogP contribution in [0, 0.1) is 12.8 Å². The average Bonchev–Trinajstić information content (AvgIpc) is 3.59. The van der Waals surface area contributed by atoms with E-state index in [1.54, 1.807) is 6.92 Å². The molecule has 172 valence electrons. The van der Waals surface area contributed by atoms with Crippen molar-refractivity contribution in [3.63, 3.8) is 0 Å². The third kappa shape index (κ3) is 7.27. The molecule has 2 aromatic rings. The number of nitrogens with one attached hydrogen (secondary N) is 1. The van der Waals surface area contributed by atoms with E-state index in [-0.39, 0.29) is 6.03 Å². The van der Waals surface area contributed by atoms with Gasteiger partial charge in [-0.2, -0.15) is 0 Å². The van der Waals surface area contributed by atoms with Gasteiger partial charge in [-0.1, -0.05) is 30.3 Å². The maximum Gasteiger partial charge on any atom is 0.333 e. The van der Waals surface area contributed by atoms with Crippen molar-refractivity contribution in [1.29, 1.82) is 0 Å². The highest BCUT2D eigenvalue weighted by Crippen LogP contribution is 2.30. The summed E-state index contributed by atoms with van der Waals surface area (Å²) in [6.45, 7) is 5.70. The van der Waals surface area contributed by atoms with Crippen LogP contribution in [0.1, 0.15) is 30.9 Å². The molecule has 2 amide bonds. The van der Waals surface area contributed by atoms with Crippen molar-refractivity contribution in [2.24, 2.45) is 5.92 Å². The number of aliphatic carboxylic acids is 1. The molecular formula is C25H32N2O5. The second-order valence-electron chi connectivity index (χ2n) is 8.11. The van der Waals surface area contributed by atoms with Crippen molar-refractivity contribution >= 4 is 17.7 Å². The Balaban J connectivity index is 1.51. The number of anilines is 1. The Labute approximate surface area is 189 Å². The maximum atomic E-state index is 12.8. The SMILES string of the molecule is CCOC(Cc1ccc(OCCN(CC2CC2)C(=O)Nc2ccccc2C)cc1)C(=O)O. The number of amides is 2. The van der Waals surface area contributed by atoms with Crippen molar-refractivity contribution in [3.8, 4) is 5.75 Å². The first-order chi connectivity index (χ1) is 15.5. The number of aryl methyl sites for hydroxylation is 1. The van der Waals surface area contributed by atoms with Gasteiger partial charge in [-0.25, -0.2) is 9.59 Å². The molecule has 0 saturated heterocycles. The number of carbonyl (C=O) groups is 2. The van der Waals surface area contributed by atoms with Crippen molar-refractivity contribution < 1.29 is 24.2 Å². The number of urea groups is 1. The third-order valence-electron chi connectivity index (χ3n) is 5.47. The Morgan fingerprint density at radius 1 is 1.16 bits per heavy atom. The van der Waals surface area contributed by atoms with Gasteiger partial charge in [0.25, 0.3) is 0 Å². The summed E-state index contributed by atoms with van der Waals surface area (Å²) in [7, 11) is 0. The standard InChI is InChI=1S/C25H32N2O5/c1-3-31-23(24(28)29)16-19-10-12-21(13-11-19)32-15-14-27(17-20-8-9-20)25(30)26-22-7-5-4-6-18(22)2/h4-7,10-13,20,23H,3,8-9,14-17H2,1-2H3,(H,26,30)(H,28,29). The van der Waals surface area contributed by atoms with Gasteiger partial charge in [-0.05, 0) is 61.9 Å². The van der Waals surface area contributed by atoms with E-state index in [2.05, 4.69) is 5.32 Å². The molecule has 0 bridgehead atoms. The number of carbonyl (C=O) groups excluding carboxylic acids is 1. The molecule has 2 aromatic carbocycles. The zero-order chi connectivity index (χ0) is 22.9. The minimum atomic E-state index is -0.966. The molecule has 1 aliphatic carbocycles. The molecule has 7 heteroatoms. The van der Waals surface area contributed by atoms with Crippen LogP contribution in [0.15, 0.2) is 48.5 Å². The van der Waals surface area contributed by atoms with Crippen LogP contribution in [-0.2, 0) is 16.0 Å². The van der Waals surface area contributed by atoms with Crippen LogP contribution < -0.4 is 10.1 Å². The van der Waals surface area contributed by atoms with Crippen molar-refractivity contribution in [2.45, 2.75) is 39.2 Å². The fourth-order valence-electron chi connectivity index (χ4n) is 3.42. The van der Waals surface area contributed by atoms with Crippen LogP contribution in [0.5, 0.6) is 5.75 Å². The number of benzene rings is 2. The van der Waals surface area contributed by atoms with Gasteiger partial charge in [0.05, 0.1) is 6.54 Å². The summed E-state index contributed by atoms with van der Waals surface area (Å²) in [5.74, 6) is 0.291. The molecule has 32 heavy (non-hydrogen) atoms. The second kappa shape index (κ2) is 11.5. The molecule has 0 aliphatic heterocycles. The zero-order valence-corrected chi connectivity index (χ0v) is 18.8. The molecule has 7 nitrogen and oxygen atoms in total. The number of carboxylic acids is 1. The molecule has 1 atom stereocenters. The summed E-state index contributed by atoms with van der Waals surface area (Å²) in [5.41, 5.74) is 2.71. The molecular weight excluding hydrogens is 408 g/mol. The predicted molar refractivity (Wildman–Crippen MR) is 123 cm³/mol. The first-order valence-corrected chi connectivity index (χ1v) is 11.1.